The number of carbonyl (C=O) groups is 1. The standard InChI is InChI=1S/C4H7Br2NO2/c5-1-3(6)2-9-4(7)8/h3H,1-2H2,(H2,7,8)/t3-/m1/s1. The monoisotopic (exact) mass is 259 g/mol. The van der Waals surface area contributed by atoms with Crippen LogP contribution in [0.15, 0.2) is 0 Å². The second kappa shape index (κ2) is 5.05. The molecule has 0 rings (SSSR count). The fourth-order valence-corrected chi connectivity index (χ4v) is 0.536. The highest BCUT2D eigenvalue weighted by molar-refractivity contribution is 9.12. The molecule has 9 heavy (non-hydrogen) atoms. The number of rotatable bonds is 3. The average Bonchev–Trinajstić information content (AvgIpc) is 1.83. The van der Waals surface area contributed by atoms with Crippen molar-refractivity contribution in [3.05, 3.63) is 0 Å². The van der Waals surface area contributed by atoms with Crippen LogP contribution in [0, 0.1) is 0 Å². The zero-order valence-corrected chi connectivity index (χ0v) is 7.81. The molecule has 0 aromatic rings. The van der Waals surface area contributed by atoms with E-state index in [4.69, 9.17) is 5.73 Å². The molecule has 5 heteroatoms. The molecule has 0 aromatic carbocycles. The normalized spacial score (nSPS) is 12.7. The summed E-state index contributed by atoms with van der Waals surface area (Å²) in [6.45, 7) is 0.306. The van der Waals surface area contributed by atoms with Crippen LogP contribution in [0.5, 0.6) is 0 Å². The van der Waals surface area contributed by atoms with Gasteiger partial charge in [-0.25, -0.2) is 4.79 Å². The summed E-state index contributed by atoms with van der Waals surface area (Å²) < 4.78 is 4.46. The predicted octanol–water partition coefficient (Wildman–Crippen LogP) is 1.24. The van der Waals surface area contributed by atoms with Crippen LogP contribution >= 0.6 is 31.9 Å². The van der Waals surface area contributed by atoms with E-state index in [9.17, 15) is 4.79 Å². The van der Waals surface area contributed by atoms with Crippen molar-refractivity contribution < 1.29 is 9.53 Å². The minimum atomic E-state index is -0.736. The van der Waals surface area contributed by atoms with Gasteiger partial charge in [-0.05, 0) is 0 Å². The maximum atomic E-state index is 9.98. The number of ether oxygens (including phenoxy) is 1. The fraction of sp³-hybridized carbons (Fsp3) is 0.750. The third-order valence-electron chi connectivity index (χ3n) is 0.574. The van der Waals surface area contributed by atoms with E-state index in [0.29, 0.717) is 6.61 Å². The molecule has 2 N–H and O–H groups in total. The lowest BCUT2D eigenvalue weighted by Gasteiger charge is -2.03. The van der Waals surface area contributed by atoms with Gasteiger partial charge in [-0.15, -0.1) is 0 Å². The Morgan fingerprint density at radius 1 is 1.78 bits per heavy atom. The average molecular weight is 261 g/mol. The summed E-state index contributed by atoms with van der Waals surface area (Å²) in [6.07, 6.45) is -0.736. The van der Waals surface area contributed by atoms with Gasteiger partial charge < -0.3 is 10.5 Å². The van der Waals surface area contributed by atoms with E-state index in [1.807, 2.05) is 0 Å². The van der Waals surface area contributed by atoms with Gasteiger partial charge in [0.05, 0.1) is 4.83 Å². The quantitative estimate of drug-likeness (QED) is 0.777. The van der Waals surface area contributed by atoms with Crippen LogP contribution in [0.3, 0.4) is 0 Å². The van der Waals surface area contributed by atoms with Gasteiger partial charge in [-0.2, -0.15) is 0 Å². The largest absolute Gasteiger partial charge is 0.448 e. The Morgan fingerprint density at radius 2 is 2.33 bits per heavy atom. The summed E-state index contributed by atoms with van der Waals surface area (Å²) in [5.41, 5.74) is 4.70. The SMILES string of the molecule is NC(=O)OC[C@H](Br)CBr. The van der Waals surface area contributed by atoms with E-state index < -0.39 is 6.09 Å². The number of primary amides is 1. The van der Waals surface area contributed by atoms with Crippen molar-refractivity contribution in [2.75, 3.05) is 11.9 Å². The van der Waals surface area contributed by atoms with E-state index in [1.165, 1.54) is 0 Å². The molecule has 0 heterocycles. The number of amides is 1. The van der Waals surface area contributed by atoms with Gasteiger partial charge in [-0.1, -0.05) is 31.9 Å². The highest BCUT2D eigenvalue weighted by atomic mass is 79.9. The van der Waals surface area contributed by atoms with Crippen LogP contribution in [0.2, 0.25) is 0 Å². The Bertz CT molecular complexity index is 98.6. The van der Waals surface area contributed by atoms with Gasteiger partial charge in [-0.3, -0.25) is 0 Å². The highest BCUT2D eigenvalue weighted by Crippen LogP contribution is 2.02. The minimum absolute atomic E-state index is 0.144. The molecule has 0 aromatic heterocycles. The van der Waals surface area contributed by atoms with Gasteiger partial charge in [0.15, 0.2) is 0 Å². The van der Waals surface area contributed by atoms with Crippen molar-refractivity contribution in [2.45, 2.75) is 4.83 Å². The molecule has 54 valence electrons. The molecular weight excluding hydrogens is 254 g/mol. The van der Waals surface area contributed by atoms with E-state index >= 15 is 0 Å². The minimum Gasteiger partial charge on any atom is -0.448 e. The molecule has 0 aliphatic carbocycles. The Labute approximate surface area is 70.2 Å². The number of hydrogen-bond acceptors (Lipinski definition) is 2. The zero-order valence-electron chi connectivity index (χ0n) is 4.64. The number of halogens is 2. The summed E-state index contributed by atoms with van der Waals surface area (Å²) in [7, 11) is 0. The van der Waals surface area contributed by atoms with Crippen molar-refractivity contribution in [1.29, 1.82) is 0 Å². The first-order chi connectivity index (χ1) is 4.16. The Hall–Kier alpha value is 0.230. The van der Waals surface area contributed by atoms with Gasteiger partial charge in [0.1, 0.15) is 6.61 Å². The molecule has 0 fully saturated rings. The van der Waals surface area contributed by atoms with E-state index in [2.05, 4.69) is 36.6 Å². The van der Waals surface area contributed by atoms with E-state index in [1.54, 1.807) is 0 Å². The van der Waals surface area contributed by atoms with Crippen LogP contribution in [-0.2, 0) is 4.74 Å². The van der Waals surface area contributed by atoms with Crippen molar-refractivity contribution in [2.24, 2.45) is 5.73 Å². The lowest BCUT2D eigenvalue weighted by atomic mass is 10.5. The number of carbonyl (C=O) groups excluding carboxylic acids is 1. The topological polar surface area (TPSA) is 52.3 Å². The Kier molecular flexibility index (Phi) is 5.18. The molecule has 0 spiro atoms. The van der Waals surface area contributed by atoms with Crippen LogP contribution in [0.1, 0.15) is 0 Å². The lowest BCUT2D eigenvalue weighted by molar-refractivity contribution is 0.159. The van der Waals surface area contributed by atoms with Gasteiger partial charge in [0, 0.05) is 5.33 Å². The molecule has 1 atom stereocenters. The third-order valence-corrected chi connectivity index (χ3v) is 2.81. The van der Waals surface area contributed by atoms with Gasteiger partial charge in [0.25, 0.3) is 0 Å². The summed E-state index contributed by atoms with van der Waals surface area (Å²) in [6, 6.07) is 0. The number of hydrogen-bond donors (Lipinski definition) is 1. The van der Waals surface area contributed by atoms with Crippen molar-refractivity contribution in [3.8, 4) is 0 Å². The van der Waals surface area contributed by atoms with Gasteiger partial charge in [0.2, 0.25) is 0 Å². The first-order valence-electron chi connectivity index (χ1n) is 2.29. The lowest BCUT2D eigenvalue weighted by Crippen LogP contribution is -2.19. The number of nitrogens with two attached hydrogens (primary N) is 1. The molecule has 0 saturated heterocycles. The second-order valence-electron chi connectivity index (χ2n) is 1.38. The molecule has 0 unspecified atom stereocenters. The van der Waals surface area contributed by atoms with Crippen LogP contribution in [0.4, 0.5) is 4.79 Å². The predicted molar refractivity (Wildman–Crippen MR) is 42.0 cm³/mol. The molecule has 0 aliphatic heterocycles. The molecule has 0 aliphatic rings. The molecule has 0 saturated carbocycles. The molecule has 0 bridgehead atoms. The molecular formula is C4H7Br2NO2. The maximum Gasteiger partial charge on any atom is 0.404 e. The first-order valence-corrected chi connectivity index (χ1v) is 4.32. The van der Waals surface area contributed by atoms with E-state index in [-0.39, 0.29) is 4.83 Å². The first kappa shape index (κ1) is 9.23. The smallest absolute Gasteiger partial charge is 0.404 e. The van der Waals surface area contributed by atoms with Crippen molar-refractivity contribution in [1.82, 2.24) is 0 Å². The number of alkyl halides is 2. The summed E-state index contributed by atoms with van der Waals surface area (Å²) in [4.78, 5) is 10.1. The third kappa shape index (κ3) is 6.11. The summed E-state index contributed by atoms with van der Waals surface area (Å²) >= 11 is 6.41. The second-order valence-corrected chi connectivity index (χ2v) is 3.32. The van der Waals surface area contributed by atoms with Crippen molar-refractivity contribution in [3.63, 3.8) is 0 Å². The zero-order chi connectivity index (χ0) is 7.28. The Balaban J connectivity index is 3.16. The Morgan fingerprint density at radius 3 is 2.67 bits per heavy atom. The maximum absolute atomic E-state index is 9.98. The fourth-order valence-electron chi connectivity index (χ4n) is 0.217. The summed E-state index contributed by atoms with van der Waals surface area (Å²) in [5.74, 6) is 0. The van der Waals surface area contributed by atoms with Crippen LogP contribution in [-0.4, -0.2) is 22.9 Å². The summed E-state index contributed by atoms with van der Waals surface area (Å²) in [5, 5.41) is 0.736. The highest BCUT2D eigenvalue weighted by Gasteiger charge is 2.02. The van der Waals surface area contributed by atoms with Crippen LogP contribution in [0.25, 0.3) is 0 Å². The van der Waals surface area contributed by atoms with Gasteiger partial charge >= 0.3 is 6.09 Å². The molecule has 3 nitrogen and oxygen atoms in total. The van der Waals surface area contributed by atoms with Crippen LogP contribution < -0.4 is 5.73 Å². The van der Waals surface area contributed by atoms with Crippen molar-refractivity contribution >= 4 is 38.0 Å². The molecule has 1 amide bonds. The van der Waals surface area contributed by atoms with E-state index in [0.717, 1.165) is 5.33 Å². The molecule has 0 radical (unpaired) electrons.